The normalized spacial score (nSPS) is 10.4. The number of amides is 2. The number of nitrogens with zero attached hydrogens (tertiary/aromatic N) is 2. The number of rotatable bonds is 6. The molecule has 0 bridgehead atoms. The van der Waals surface area contributed by atoms with Crippen molar-refractivity contribution in [3.63, 3.8) is 0 Å². The lowest BCUT2D eigenvalue weighted by Crippen LogP contribution is -2.23. The molecule has 6 nitrogen and oxygen atoms in total. The molecule has 0 aliphatic carbocycles. The molecule has 0 atom stereocenters. The summed E-state index contributed by atoms with van der Waals surface area (Å²) in [5.74, 6) is -0.551. The Labute approximate surface area is 133 Å². The molecule has 0 aliphatic heterocycles. The summed E-state index contributed by atoms with van der Waals surface area (Å²) in [5.41, 5.74) is 2.20. The number of carbonyl (C=O) groups excluding carboxylic acids is 2. The predicted octanol–water partition coefficient (Wildman–Crippen LogP) is 2.16. The van der Waals surface area contributed by atoms with Gasteiger partial charge in [0.1, 0.15) is 6.67 Å². The molecule has 1 aromatic heterocycles. The summed E-state index contributed by atoms with van der Waals surface area (Å²) in [6.45, 7) is 3.77. The predicted molar refractivity (Wildman–Crippen MR) is 85.3 cm³/mol. The standard InChI is InChI=1S/C16H19FN4O2/c1-3-18-15(22)12-5-4-11(2)14(8-12)20-16(23)13-9-19-21(10-13)7-6-17/h4-5,8-10H,3,6-7H2,1-2H3,(H,18,22)(H,20,23). The van der Waals surface area contributed by atoms with Gasteiger partial charge >= 0.3 is 0 Å². The molecule has 0 radical (unpaired) electrons. The van der Waals surface area contributed by atoms with Gasteiger partial charge in [0.2, 0.25) is 0 Å². The third-order valence-corrected chi connectivity index (χ3v) is 3.29. The van der Waals surface area contributed by atoms with Crippen LogP contribution in [0, 0.1) is 6.92 Å². The fraction of sp³-hybridized carbons (Fsp3) is 0.312. The van der Waals surface area contributed by atoms with Crippen LogP contribution in [0.25, 0.3) is 0 Å². The van der Waals surface area contributed by atoms with Gasteiger partial charge in [0.05, 0.1) is 18.3 Å². The summed E-state index contributed by atoms with van der Waals surface area (Å²) in [4.78, 5) is 24.1. The van der Waals surface area contributed by atoms with Gasteiger partial charge in [0.15, 0.2) is 0 Å². The van der Waals surface area contributed by atoms with Gasteiger partial charge < -0.3 is 10.6 Å². The molecule has 2 aromatic rings. The maximum atomic E-state index is 12.3. The SMILES string of the molecule is CCNC(=O)c1ccc(C)c(NC(=O)c2cnn(CCF)c2)c1. The molecule has 7 heteroatoms. The second kappa shape index (κ2) is 7.53. The maximum Gasteiger partial charge on any atom is 0.258 e. The van der Waals surface area contributed by atoms with E-state index in [1.54, 1.807) is 18.2 Å². The molecule has 0 fully saturated rings. The Morgan fingerprint density at radius 3 is 2.74 bits per heavy atom. The minimum Gasteiger partial charge on any atom is -0.352 e. The van der Waals surface area contributed by atoms with Crippen molar-refractivity contribution >= 4 is 17.5 Å². The van der Waals surface area contributed by atoms with Crippen molar-refractivity contribution in [3.05, 3.63) is 47.3 Å². The van der Waals surface area contributed by atoms with E-state index in [1.807, 2.05) is 13.8 Å². The molecule has 0 unspecified atom stereocenters. The first-order valence-corrected chi connectivity index (χ1v) is 7.33. The zero-order valence-corrected chi connectivity index (χ0v) is 13.1. The average molecular weight is 318 g/mol. The van der Waals surface area contributed by atoms with E-state index in [-0.39, 0.29) is 18.4 Å². The first-order valence-electron chi connectivity index (χ1n) is 7.33. The van der Waals surface area contributed by atoms with Crippen molar-refractivity contribution in [1.82, 2.24) is 15.1 Å². The molecule has 2 amide bonds. The molecule has 1 aromatic carbocycles. The van der Waals surface area contributed by atoms with Crippen LogP contribution in [0.15, 0.2) is 30.6 Å². The molecule has 23 heavy (non-hydrogen) atoms. The Kier molecular flexibility index (Phi) is 5.46. The summed E-state index contributed by atoms with van der Waals surface area (Å²) in [6, 6.07) is 5.10. The van der Waals surface area contributed by atoms with E-state index in [0.29, 0.717) is 23.4 Å². The zero-order chi connectivity index (χ0) is 16.8. The number of nitrogens with one attached hydrogen (secondary N) is 2. The maximum absolute atomic E-state index is 12.3. The van der Waals surface area contributed by atoms with Gasteiger partial charge in [-0.05, 0) is 31.5 Å². The van der Waals surface area contributed by atoms with Gasteiger partial charge in [0.25, 0.3) is 11.8 Å². The van der Waals surface area contributed by atoms with Crippen molar-refractivity contribution in [1.29, 1.82) is 0 Å². The minimum absolute atomic E-state index is 0.110. The highest BCUT2D eigenvalue weighted by atomic mass is 19.1. The monoisotopic (exact) mass is 318 g/mol. The number of hydrogen-bond donors (Lipinski definition) is 2. The Bertz CT molecular complexity index is 712. The van der Waals surface area contributed by atoms with Crippen LogP contribution in [0.2, 0.25) is 0 Å². The summed E-state index contributed by atoms with van der Waals surface area (Å²) in [5, 5.41) is 9.38. The van der Waals surface area contributed by atoms with E-state index < -0.39 is 6.67 Å². The number of alkyl halides is 1. The molecule has 2 N–H and O–H groups in total. The van der Waals surface area contributed by atoms with E-state index in [1.165, 1.54) is 17.1 Å². The molecule has 0 saturated carbocycles. The largest absolute Gasteiger partial charge is 0.352 e. The van der Waals surface area contributed by atoms with Crippen molar-refractivity contribution in [2.24, 2.45) is 0 Å². The summed E-state index contributed by atoms with van der Waals surface area (Å²) >= 11 is 0. The molecule has 1 heterocycles. The molecular formula is C16H19FN4O2. The zero-order valence-electron chi connectivity index (χ0n) is 13.1. The van der Waals surface area contributed by atoms with Crippen LogP contribution < -0.4 is 10.6 Å². The number of anilines is 1. The van der Waals surface area contributed by atoms with Crippen LogP contribution >= 0.6 is 0 Å². The average Bonchev–Trinajstić information content (AvgIpc) is 2.99. The van der Waals surface area contributed by atoms with E-state index >= 15 is 0 Å². The van der Waals surface area contributed by atoms with Gasteiger partial charge in [-0.3, -0.25) is 14.3 Å². The van der Waals surface area contributed by atoms with Crippen molar-refractivity contribution < 1.29 is 14.0 Å². The molecule has 0 aliphatic rings. The van der Waals surface area contributed by atoms with Gasteiger partial charge in [-0.2, -0.15) is 5.10 Å². The number of benzene rings is 1. The van der Waals surface area contributed by atoms with Gasteiger partial charge in [0, 0.05) is 24.0 Å². The first-order chi connectivity index (χ1) is 11.0. The number of aryl methyl sites for hydroxylation is 2. The Balaban J connectivity index is 2.16. The second-order valence-electron chi connectivity index (χ2n) is 5.02. The van der Waals surface area contributed by atoms with E-state index in [2.05, 4.69) is 15.7 Å². The lowest BCUT2D eigenvalue weighted by atomic mass is 10.1. The quantitative estimate of drug-likeness (QED) is 0.857. The van der Waals surface area contributed by atoms with Gasteiger partial charge in [-0.15, -0.1) is 0 Å². The molecule has 0 spiro atoms. The fourth-order valence-electron chi connectivity index (χ4n) is 2.04. The van der Waals surface area contributed by atoms with E-state index in [4.69, 9.17) is 0 Å². The highest BCUT2D eigenvalue weighted by Crippen LogP contribution is 2.18. The Morgan fingerprint density at radius 1 is 1.26 bits per heavy atom. The van der Waals surface area contributed by atoms with Crippen LogP contribution in [0.1, 0.15) is 33.2 Å². The molecule has 0 saturated heterocycles. The second-order valence-corrected chi connectivity index (χ2v) is 5.02. The van der Waals surface area contributed by atoms with Crippen molar-refractivity contribution in [2.75, 3.05) is 18.5 Å². The molecular weight excluding hydrogens is 299 g/mol. The highest BCUT2D eigenvalue weighted by Gasteiger charge is 2.12. The van der Waals surface area contributed by atoms with Crippen LogP contribution in [0.4, 0.5) is 10.1 Å². The van der Waals surface area contributed by atoms with Gasteiger partial charge in [-0.1, -0.05) is 6.07 Å². The van der Waals surface area contributed by atoms with E-state index in [9.17, 15) is 14.0 Å². The smallest absolute Gasteiger partial charge is 0.258 e. The minimum atomic E-state index is -0.545. The van der Waals surface area contributed by atoms with Crippen LogP contribution in [-0.4, -0.2) is 34.8 Å². The summed E-state index contributed by atoms with van der Waals surface area (Å²) < 4.78 is 13.6. The highest BCUT2D eigenvalue weighted by molar-refractivity contribution is 6.05. The van der Waals surface area contributed by atoms with Crippen LogP contribution in [-0.2, 0) is 6.54 Å². The first kappa shape index (κ1) is 16.7. The third kappa shape index (κ3) is 4.15. The number of hydrogen-bond acceptors (Lipinski definition) is 3. The summed E-state index contributed by atoms with van der Waals surface area (Å²) in [7, 11) is 0. The van der Waals surface area contributed by atoms with Crippen molar-refractivity contribution in [2.45, 2.75) is 20.4 Å². The third-order valence-electron chi connectivity index (χ3n) is 3.29. The van der Waals surface area contributed by atoms with Crippen LogP contribution in [0.3, 0.4) is 0 Å². The number of aromatic nitrogens is 2. The lowest BCUT2D eigenvalue weighted by Gasteiger charge is -2.10. The Morgan fingerprint density at radius 2 is 2.04 bits per heavy atom. The van der Waals surface area contributed by atoms with Crippen molar-refractivity contribution in [3.8, 4) is 0 Å². The number of halogens is 1. The molecule has 2 rings (SSSR count). The van der Waals surface area contributed by atoms with Crippen LogP contribution in [0.5, 0.6) is 0 Å². The lowest BCUT2D eigenvalue weighted by molar-refractivity contribution is 0.0954. The van der Waals surface area contributed by atoms with Gasteiger partial charge in [-0.25, -0.2) is 4.39 Å². The Hall–Kier alpha value is -2.70. The summed E-state index contributed by atoms with van der Waals surface area (Å²) in [6.07, 6.45) is 2.87. The fourth-order valence-corrected chi connectivity index (χ4v) is 2.04. The van der Waals surface area contributed by atoms with E-state index in [0.717, 1.165) is 5.56 Å². The number of carbonyl (C=O) groups is 2. The molecule has 122 valence electrons. The topological polar surface area (TPSA) is 76.0 Å².